The van der Waals surface area contributed by atoms with Crippen molar-refractivity contribution < 1.29 is 19.1 Å². The molecule has 0 aliphatic carbocycles. The number of fused-ring (bicyclic) bond motifs is 3. The van der Waals surface area contributed by atoms with Gasteiger partial charge in [-0.1, -0.05) is 30.3 Å². The Bertz CT molecular complexity index is 1140. The Morgan fingerprint density at radius 1 is 1.21 bits per heavy atom. The van der Waals surface area contributed by atoms with E-state index in [1.165, 1.54) is 4.57 Å². The molecular weight excluding hydrogens is 380 g/mol. The normalized spacial score (nSPS) is 11.6. The highest BCUT2D eigenvalue weighted by Crippen LogP contribution is 2.34. The van der Waals surface area contributed by atoms with Gasteiger partial charge in [0.2, 0.25) is 0 Å². The van der Waals surface area contributed by atoms with Crippen molar-refractivity contribution in [2.24, 2.45) is 0 Å². The maximum Gasteiger partial charge on any atom is 0.419 e. The predicted octanol–water partition coefficient (Wildman–Crippen LogP) is 5.62. The summed E-state index contributed by atoms with van der Waals surface area (Å²) in [5, 5.41) is 2.30. The molecule has 0 amide bonds. The van der Waals surface area contributed by atoms with Gasteiger partial charge in [-0.2, -0.15) is 0 Å². The zero-order valence-electron chi connectivity index (χ0n) is 16.4. The van der Waals surface area contributed by atoms with Crippen LogP contribution in [0.4, 0.5) is 4.79 Å². The van der Waals surface area contributed by atoms with E-state index in [4.69, 9.17) is 21.1 Å². The average Bonchev–Trinajstić information content (AvgIpc) is 2.85. The van der Waals surface area contributed by atoms with Crippen LogP contribution in [-0.2, 0) is 9.47 Å². The molecule has 0 N–H and O–H groups in total. The lowest BCUT2D eigenvalue weighted by molar-refractivity contribution is 0.0541. The summed E-state index contributed by atoms with van der Waals surface area (Å²) >= 11 is 6.10. The number of nitrogens with zero attached hydrogens (tertiary/aromatic N) is 2. The molecule has 0 aliphatic heterocycles. The van der Waals surface area contributed by atoms with E-state index >= 15 is 0 Å². The van der Waals surface area contributed by atoms with Crippen LogP contribution in [0.3, 0.4) is 0 Å². The number of aromatic nitrogens is 2. The molecule has 0 saturated carbocycles. The molecule has 146 valence electrons. The molecule has 28 heavy (non-hydrogen) atoms. The summed E-state index contributed by atoms with van der Waals surface area (Å²) in [6.45, 7) is 12.2. The van der Waals surface area contributed by atoms with E-state index in [1.807, 2.05) is 6.07 Å². The number of carbonyl (C=O) groups is 2. The zero-order valence-corrected chi connectivity index (χ0v) is 17.2. The number of carbonyl (C=O) groups excluding carboxylic acids is 2. The van der Waals surface area contributed by atoms with Crippen molar-refractivity contribution in [2.75, 3.05) is 0 Å². The number of halogens is 1. The first-order chi connectivity index (χ1) is 13.0. The fourth-order valence-corrected chi connectivity index (χ4v) is 3.25. The van der Waals surface area contributed by atoms with Gasteiger partial charge in [-0.15, -0.1) is 0 Å². The number of pyridine rings is 1. The summed E-state index contributed by atoms with van der Waals surface area (Å²) in [5.41, 5.74) is 0.499. The average molecular weight is 401 g/mol. The highest BCUT2D eigenvalue weighted by atomic mass is 35.5. The minimum atomic E-state index is -0.706. The summed E-state index contributed by atoms with van der Waals surface area (Å²) in [6.07, 6.45) is 1.02. The Kier molecular flexibility index (Phi) is 4.93. The van der Waals surface area contributed by atoms with Gasteiger partial charge in [0, 0.05) is 28.0 Å². The molecule has 2 aromatic heterocycles. The minimum Gasteiger partial charge on any atom is -0.443 e. The Hall–Kier alpha value is -2.86. The number of rotatable bonds is 2. The highest BCUT2D eigenvalue weighted by molar-refractivity contribution is 6.30. The maximum absolute atomic E-state index is 13.0. The lowest BCUT2D eigenvalue weighted by Crippen LogP contribution is -2.27. The molecular formula is C21H21ClN2O4. The van der Waals surface area contributed by atoms with Crippen LogP contribution in [0.15, 0.2) is 36.7 Å². The van der Waals surface area contributed by atoms with Gasteiger partial charge in [-0.25, -0.2) is 19.1 Å². The van der Waals surface area contributed by atoms with E-state index in [0.717, 1.165) is 5.39 Å². The minimum absolute atomic E-state index is 0.260. The maximum atomic E-state index is 13.0. The molecule has 6 nitrogen and oxygen atoms in total. The molecule has 0 atom stereocenters. The number of hydrogen-bond acceptors (Lipinski definition) is 5. The second kappa shape index (κ2) is 6.95. The second-order valence-corrected chi connectivity index (χ2v) is 7.94. The fourth-order valence-electron chi connectivity index (χ4n) is 3.10. The van der Waals surface area contributed by atoms with Gasteiger partial charge < -0.3 is 9.47 Å². The zero-order chi connectivity index (χ0) is 20.8. The van der Waals surface area contributed by atoms with Gasteiger partial charge in [-0.3, -0.25) is 0 Å². The summed E-state index contributed by atoms with van der Waals surface area (Å²) < 4.78 is 12.2. The molecule has 1 aromatic carbocycles. The smallest absolute Gasteiger partial charge is 0.419 e. The van der Waals surface area contributed by atoms with Crippen molar-refractivity contribution in [3.63, 3.8) is 0 Å². The highest BCUT2D eigenvalue weighted by Gasteiger charge is 2.28. The lowest BCUT2D eigenvalue weighted by atomic mass is 10.1. The monoisotopic (exact) mass is 400 g/mol. The summed E-state index contributed by atoms with van der Waals surface area (Å²) in [7, 11) is 0. The van der Waals surface area contributed by atoms with Gasteiger partial charge in [0.15, 0.2) is 0 Å². The SMILES string of the molecule is C=C(C)OC(=O)c1c(C)n(C(=O)OC(C)(C)C)c2c1ccc1cnc(Cl)cc12. The van der Waals surface area contributed by atoms with Gasteiger partial charge in [-0.05, 0) is 40.7 Å². The Morgan fingerprint density at radius 2 is 1.89 bits per heavy atom. The summed E-state index contributed by atoms with van der Waals surface area (Å²) in [4.78, 5) is 29.8. The van der Waals surface area contributed by atoms with Crippen LogP contribution in [0, 0.1) is 6.92 Å². The molecule has 0 bridgehead atoms. The molecule has 7 heteroatoms. The van der Waals surface area contributed by atoms with Crippen molar-refractivity contribution in [3.8, 4) is 0 Å². The summed E-state index contributed by atoms with van der Waals surface area (Å²) in [5.74, 6) is -0.326. The molecule has 3 aromatic rings. The summed E-state index contributed by atoms with van der Waals surface area (Å²) in [6, 6.07) is 5.24. The van der Waals surface area contributed by atoms with E-state index in [-0.39, 0.29) is 16.5 Å². The Balaban J connectivity index is 2.40. The topological polar surface area (TPSA) is 70.4 Å². The van der Waals surface area contributed by atoms with E-state index in [2.05, 4.69) is 11.6 Å². The van der Waals surface area contributed by atoms with Crippen molar-refractivity contribution in [1.82, 2.24) is 9.55 Å². The van der Waals surface area contributed by atoms with Gasteiger partial charge >= 0.3 is 12.1 Å². The van der Waals surface area contributed by atoms with Crippen LogP contribution in [-0.4, -0.2) is 27.2 Å². The van der Waals surface area contributed by atoms with Crippen molar-refractivity contribution in [3.05, 3.63) is 53.1 Å². The van der Waals surface area contributed by atoms with Crippen LogP contribution in [0.5, 0.6) is 0 Å². The molecule has 2 heterocycles. The van der Waals surface area contributed by atoms with Gasteiger partial charge in [0.25, 0.3) is 0 Å². The van der Waals surface area contributed by atoms with Crippen molar-refractivity contribution >= 4 is 45.3 Å². The second-order valence-electron chi connectivity index (χ2n) is 7.56. The molecule has 0 radical (unpaired) electrons. The predicted molar refractivity (Wildman–Crippen MR) is 109 cm³/mol. The fraction of sp³-hybridized carbons (Fsp3) is 0.286. The Labute approximate surface area is 167 Å². The first-order valence-corrected chi connectivity index (χ1v) is 9.07. The molecule has 3 rings (SSSR count). The number of hydrogen-bond donors (Lipinski definition) is 0. The standard InChI is InChI=1S/C21H21ClN2O4/c1-11(2)27-19(25)17-12(3)24(20(26)28-21(4,5)6)18-14(17)8-7-13-10-23-16(22)9-15(13)18/h7-10H,1H2,2-6H3. The van der Waals surface area contributed by atoms with E-state index < -0.39 is 17.7 Å². The molecule has 0 aliphatic rings. The van der Waals surface area contributed by atoms with E-state index in [1.54, 1.807) is 52.9 Å². The third-order valence-electron chi connectivity index (χ3n) is 4.08. The quantitative estimate of drug-likeness (QED) is 0.317. The van der Waals surface area contributed by atoms with Crippen LogP contribution in [0.1, 0.15) is 43.7 Å². The third kappa shape index (κ3) is 3.60. The van der Waals surface area contributed by atoms with Crippen LogP contribution in [0.25, 0.3) is 21.7 Å². The number of ether oxygens (including phenoxy) is 2. The number of esters is 1. The lowest BCUT2D eigenvalue weighted by Gasteiger charge is -2.20. The van der Waals surface area contributed by atoms with E-state index in [0.29, 0.717) is 22.0 Å². The first-order valence-electron chi connectivity index (χ1n) is 8.70. The van der Waals surface area contributed by atoms with Crippen molar-refractivity contribution in [1.29, 1.82) is 0 Å². The van der Waals surface area contributed by atoms with Crippen molar-refractivity contribution in [2.45, 2.75) is 40.2 Å². The van der Waals surface area contributed by atoms with Crippen LogP contribution >= 0.6 is 11.6 Å². The number of benzene rings is 1. The van der Waals surface area contributed by atoms with E-state index in [9.17, 15) is 9.59 Å². The largest absolute Gasteiger partial charge is 0.443 e. The Morgan fingerprint density at radius 3 is 2.50 bits per heavy atom. The molecule has 0 saturated heterocycles. The number of allylic oxidation sites excluding steroid dienone is 1. The molecule has 0 spiro atoms. The first kappa shape index (κ1) is 19.9. The molecule has 0 fully saturated rings. The van der Waals surface area contributed by atoms with Gasteiger partial charge in [0.1, 0.15) is 10.8 Å². The van der Waals surface area contributed by atoms with Crippen LogP contribution < -0.4 is 0 Å². The van der Waals surface area contributed by atoms with Gasteiger partial charge in [0.05, 0.1) is 16.8 Å². The molecule has 0 unspecified atom stereocenters. The van der Waals surface area contributed by atoms with Crippen LogP contribution in [0.2, 0.25) is 5.15 Å². The third-order valence-corrected chi connectivity index (χ3v) is 4.29.